The van der Waals surface area contributed by atoms with E-state index in [-0.39, 0.29) is 4.90 Å². The molecule has 1 saturated heterocycles. The summed E-state index contributed by atoms with van der Waals surface area (Å²) in [6, 6.07) is 13.7. The minimum atomic E-state index is -4.23. The third-order valence-electron chi connectivity index (χ3n) is 3.65. The first kappa shape index (κ1) is 14.9. The fraction of sp³-hybridized carbons (Fsp3) is 0.250. The van der Waals surface area contributed by atoms with Crippen LogP contribution >= 0.6 is 0 Å². The van der Waals surface area contributed by atoms with Crippen molar-refractivity contribution in [3.63, 3.8) is 0 Å². The molecule has 6 heteroatoms. The highest BCUT2D eigenvalue weighted by Gasteiger charge is 2.20. The lowest BCUT2D eigenvalue weighted by Gasteiger charge is -2.21. The van der Waals surface area contributed by atoms with Gasteiger partial charge in [-0.05, 0) is 43.2 Å². The van der Waals surface area contributed by atoms with Gasteiger partial charge in [0.2, 0.25) is 0 Å². The topological polar surface area (TPSA) is 66.8 Å². The molecule has 0 saturated carbocycles. The van der Waals surface area contributed by atoms with Crippen molar-refractivity contribution < 1.29 is 17.7 Å². The SMILES string of the molecule is O=S(=O)(O)c1ccc(Oc2ccccc2)c(N2CCCC2)c1. The first-order valence-corrected chi connectivity index (χ1v) is 8.57. The Morgan fingerprint density at radius 2 is 1.68 bits per heavy atom. The highest BCUT2D eigenvalue weighted by molar-refractivity contribution is 7.85. The number of benzene rings is 2. The third kappa shape index (κ3) is 3.23. The minimum absolute atomic E-state index is 0.116. The molecule has 3 rings (SSSR count). The van der Waals surface area contributed by atoms with Gasteiger partial charge in [-0.1, -0.05) is 18.2 Å². The zero-order valence-corrected chi connectivity index (χ0v) is 12.8. The maximum absolute atomic E-state index is 11.4. The van der Waals surface area contributed by atoms with Crippen LogP contribution < -0.4 is 9.64 Å². The summed E-state index contributed by atoms with van der Waals surface area (Å²) in [5, 5.41) is 0. The van der Waals surface area contributed by atoms with Gasteiger partial charge in [0.15, 0.2) is 5.75 Å². The molecule has 0 radical (unpaired) electrons. The van der Waals surface area contributed by atoms with Crippen molar-refractivity contribution in [1.82, 2.24) is 0 Å². The Morgan fingerprint density at radius 3 is 2.32 bits per heavy atom. The quantitative estimate of drug-likeness (QED) is 0.876. The monoisotopic (exact) mass is 319 g/mol. The molecule has 1 aliphatic rings. The maximum atomic E-state index is 11.4. The molecule has 0 unspecified atom stereocenters. The van der Waals surface area contributed by atoms with Crippen LogP contribution in [0.15, 0.2) is 53.4 Å². The normalized spacial score (nSPS) is 15.0. The van der Waals surface area contributed by atoms with Crippen LogP contribution in [0.3, 0.4) is 0 Å². The Labute approximate surface area is 129 Å². The Hall–Kier alpha value is -2.05. The number of hydrogen-bond acceptors (Lipinski definition) is 4. The molecule has 0 aliphatic carbocycles. The molecule has 2 aromatic carbocycles. The summed E-state index contributed by atoms with van der Waals surface area (Å²) in [4.78, 5) is 1.96. The van der Waals surface area contributed by atoms with Crippen molar-refractivity contribution in [2.45, 2.75) is 17.7 Å². The van der Waals surface area contributed by atoms with Gasteiger partial charge >= 0.3 is 0 Å². The van der Waals surface area contributed by atoms with Gasteiger partial charge < -0.3 is 9.64 Å². The van der Waals surface area contributed by atoms with Gasteiger partial charge in [-0.15, -0.1) is 0 Å². The lowest BCUT2D eigenvalue weighted by Crippen LogP contribution is -2.18. The van der Waals surface area contributed by atoms with Gasteiger partial charge in [-0.25, -0.2) is 0 Å². The van der Waals surface area contributed by atoms with Gasteiger partial charge in [0.05, 0.1) is 10.6 Å². The highest BCUT2D eigenvalue weighted by Crippen LogP contribution is 2.36. The lowest BCUT2D eigenvalue weighted by atomic mass is 10.2. The average Bonchev–Trinajstić information content (AvgIpc) is 3.01. The summed E-state index contributed by atoms with van der Waals surface area (Å²) >= 11 is 0. The fourth-order valence-corrected chi connectivity index (χ4v) is 3.07. The lowest BCUT2D eigenvalue weighted by molar-refractivity contribution is 0.477. The van der Waals surface area contributed by atoms with Crippen LogP contribution in [0.5, 0.6) is 11.5 Å². The van der Waals surface area contributed by atoms with Crippen LogP contribution in [0, 0.1) is 0 Å². The number of para-hydroxylation sites is 1. The van der Waals surface area contributed by atoms with E-state index in [2.05, 4.69) is 4.90 Å². The predicted octanol–water partition coefficient (Wildman–Crippen LogP) is 3.33. The number of nitrogens with zero attached hydrogens (tertiary/aromatic N) is 1. The molecule has 0 amide bonds. The number of ether oxygens (including phenoxy) is 1. The van der Waals surface area contributed by atoms with Crippen molar-refractivity contribution in [2.24, 2.45) is 0 Å². The van der Waals surface area contributed by atoms with E-state index in [0.717, 1.165) is 25.9 Å². The van der Waals surface area contributed by atoms with E-state index in [1.807, 2.05) is 30.3 Å². The van der Waals surface area contributed by atoms with Gasteiger partial charge in [-0.3, -0.25) is 4.55 Å². The third-order valence-corrected chi connectivity index (χ3v) is 4.50. The maximum Gasteiger partial charge on any atom is 0.294 e. The number of rotatable bonds is 4. The molecular weight excluding hydrogens is 302 g/mol. The zero-order valence-electron chi connectivity index (χ0n) is 12.0. The van der Waals surface area contributed by atoms with Gasteiger partial charge in [-0.2, -0.15) is 8.42 Å². The van der Waals surface area contributed by atoms with E-state index in [0.29, 0.717) is 17.2 Å². The Bertz CT molecular complexity index is 753. The molecule has 0 spiro atoms. The van der Waals surface area contributed by atoms with E-state index >= 15 is 0 Å². The molecule has 0 bridgehead atoms. The van der Waals surface area contributed by atoms with E-state index in [1.165, 1.54) is 12.1 Å². The molecule has 1 fully saturated rings. The first-order valence-electron chi connectivity index (χ1n) is 7.13. The van der Waals surface area contributed by atoms with E-state index in [9.17, 15) is 13.0 Å². The van der Waals surface area contributed by atoms with Crippen LogP contribution in [-0.4, -0.2) is 26.1 Å². The van der Waals surface area contributed by atoms with Crippen LogP contribution in [0.2, 0.25) is 0 Å². The summed E-state index contributed by atoms with van der Waals surface area (Å²) in [6.45, 7) is 1.69. The fourth-order valence-electron chi connectivity index (χ4n) is 2.56. The molecular formula is C16H17NO4S. The van der Waals surface area contributed by atoms with Crippen LogP contribution in [0.25, 0.3) is 0 Å². The van der Waals surface area contributed by atoms with E-state index in [1.54, 1.807) is 6.07 Å². The van der Waals surface area contributed by atoms with Crippen molar-refractivity contribution in [1.29, 1.82) is 0 Å². The molecule has 1 aliphatic heterocycles. The number of hydrogen-bond donors (Lipinski definition) is 1. The molecule has 1 heterocycles. The van der Waals surface area contributed by atoms with Crippen molar-refractivity contribution in [3.05, 3.63) is 48.5 Å². The molecule has 22 heavy (non-hydrogen) atoms. The van der Waals surface area contributed by atoms with Crippen LogP contribution in [0.4, 0.5) is 5.69 Å². The zero-order chi connectivity index (χ0) is 15.6. The summed E-state index contributed by atoms with van der Waals surface area (Å²) < 4.78 is 37.9. The Kier molecular flexibility index (Phi) is 4.04. The summed E-state index contributed by atoms with van der Waals surface area (Å²) in [6.07, 6.45) is 2.11. The minimum Gasteiger partial charge on any atom is -0.455 e. The second-order valence-electron chi connectivity index (χ2n) is 5.21. The van der Waals surface area contributed by atoms with Crippen molar-refractivity contribution in [3.8, 4) is 11.5 Å². The second-order valence-corrected chi connectivity index (χ2v) is 6.64. The molecule has 0 aromatic heterocycles. The highest BCUT2D eigenvalue weighted by atomic mass is 32.2. The van der Waals surface area contributed by atoms with E-state index in [4.69, 9.17) is 4.74 Å². The Morgan fingerprint density at radius 1 is 1.00 bits per heavy atom. The number of anilines is 1. The van der Waals surface area contributed by atoms with Gasteiger partial charge in [0.1, 0.15) is 5.75 Å². The summed E-state index contributed by atoms with van der Waals surface area (Å²) in [7, 11) is -4.23. The Balaban J connectivity index is 2.01. The molecule has 0 atom stereocenters. The van der Waals surface area contributed by atoms with Crippen LogP contribution in [0.1, 0.15) is 12.8 Å². The molecule has 116 valence electrons. The van der Waals surface area contributed by atoms with Gasteiger partial charge in [0.25, 0.3) is 10.1 Å². The van der Waals surface area contributed by atoms with E-state index < -0.39 is 10.1 Å². The van der Waals surface area contributed by atoms with Gasteiger partial charge in [0, 0.05) is 13.1 Å². The second kappa shape index (κ2) is 5.98. The summed E-state index contributed by atoms with van der Waals surface area (Å²) in [5.41, 5.74) is 0.691. The van der Waals surface area contributed by atoms with Crippen molar-refractivity contribution >= 4 is 15.8 Å². The largest absolute Gasteiger partial charge is 0.455 e. The predicted molar refractivity (Wildman–Crippen MR) is 84.2 cm³/mol. The standard InChI is InChI=1S/C16H17NO4S/c18-22(19,20)14-8-9-16(21-13-6-2-1-3-7-13)15(12-14)17-10-4-5-11-17/h1-3,6-9,12H,4-5,10-11H2,(H,18,19,20). The van der Waals surface area contributed by atoms with Crippen LogP contribution in [-0.2, 0) is 10.1 Å². The molecule has 2 aromatic rings. The molecule has 1 N–H and O–H groups in total. The smallest absolute Gasteiger partial charge is 0.294 e. The average molecular weight is 319 g/mol. The first-order chi connectivity index (χ1) is 10.5. The van der Waals surface area contributed by atoms with Crippen molar-refractivity contribution in [2.75, 3.05) is 18.0 Å². The molecule has 5 nitrogen and oxygen atoms in total. The summed E-state index contributed by atoms with van der Waals surface area (Å²) in [5.74, 6) is 1.27.